The van der Waals surface area contributed by atoms with Crippen LogP contribution in [-0.4, -0.2) is 15.3 Å². The first-order valence-corrected chi connectivity index (χ1v) is 3.74. The van der Waals surface area contributed by atoms with Crippen LogP contribution >= 0.6 is 0 Å². The molecule has 0 bridgehead atoms. The first-order chi connectivity index (χ1) is 5.53. The van der Waals surface area contributed by atoms with E-state index in [4.69, 9.17) is 11.0 Å². The number of hydrogen-bond donors (Lipinski definition) is 1. The normalized spacial score (nSPS) is 15.2. The molecule has 1 aromatic heterocycles. The number of nitriles is 1. The van der Waals surface area contributed by atoms with Crippen molar-refractivity contribution in [3.05, 3.63) is 18.0 Å². The zero-order valence-electron chi connectivity index (χ0n) is 7.28. The van der Waals surface area contributed by atoms with Gasteiger partial charge in [-0.25, -0.2) is 0 Å². The summed E-state index contributed by atoms with van der Waals surface area (Å²) in [6, 6.07) is 3.90. The van der Waals surface area contributed by atoms with E-state index < -0.39 is 5.54 Å². The molecule has 1 aromatic rings. The molecule has 1 rings (SSSR count). The van der Waals surface area contributed by atoms with Crippen molar-refractivity contribution in [2.24, 2.45) is 5.73 Å². The Morgan fingerprint density at radius 2 is 2.50 bits per heavy atom. The highest BCUT2D eigenvalue weighted by atomic mass is 15.3. The Morgan fingerprint density at radius 3 is 2.92 bits per heavy atom. The first kappa shape index (κ1) is 8.75. The molecule has 0 aromatic carbocycles. The van der Waals surface area contributed by atoms with Gasteiger partial charge < -0.3 is 5.73 Å². The van der Waals surface area contributed by atoms with Gasteiger partial charge in [0.1, 0.15) is 5.54 Å². The summed E-state index contributed by atoms with van der Waals surface area (Å²) >= 11 is 0. The van der Waals surface area contributed by atoms with E-state index in [0.717, 1.165) is 5.69 Å². The molecule has 0 aliphatic carbocycles. The molecule has 1 unspecified atom stereocenters. The molecule has 64 valence electrons. The minimum atomic E-state index is -0.835. The molecular weight excluding hydrogens is 152 g/mol. The predicted molar refractivity (Wildman–Crippen MR) is 45.2 cm³/mol. The molecule has 0 aliphatic heterocycles. The number of aryl methyl sites for hydroxylation is 1. The lowest BCUT2D eigenvalue weighted by atomic mass is 10.1. The van der Waals surface area contributed by atoms with Crippen LogP contribution in [0.15, 0.2) is 12.3 Å². The van der Waals surface area contributed by atoms with E-state index in [-0.39, 0.29) is 0 Å². The molecule has 2 N–H and O–H groups in total. The van der Waals surface area contributed by atoms with Gasteiger partial charge in [0.05, 0.1) is 18.3 Å². The zero-order valence-corrected chi connectivity index (χ0v) is 7.28. The summed E-state index contributed by atoms with van der Waals surface area (Å²) in [5, 5.41) is 12.8. The third-order valence-corrected chi connectivity index (χ3v) is 1.52. The van der Waals surface area contributed by atoms with Crippen LogP contribution < -0.4 is 5.73 Å². The summed E-state index contributed by atoms with van der Waals surface area (Å²) in [7, 11) is 0. The summed E-state index contributed by atoms with van der Waals surface area (Å²) in [5.41, 5.74) is 5.73. The van der Waals surface area contributed by atoms with Gasteiger partial charge in [0.15, 0.2) is 0 Å². The third-order valence-electron chi connectivity index (χ3n) is 1.52. The maximum atomic E-state index is 8.65. The van der Waals surface area contributed by atoms with Gasteiger partial charge in [-0.2, -0.15) is 10.4 Å². The zero-order chi connectivity index (χ0) is 9.19. The lowest BCUT2D eigenvalue weighted by Crippen LogP contribution is -2.39. The van der Waals surface area contributed by atoms with E-state index in [1.165, 1.54) is 0 Å². The minimum Gasteiger partial charge on any atom is -0.312 e. The van der Waals surface area contributed by atoms with E-state index in [1.54, 1.807) is 11.6 Å². The quantitative estimate of drug-likeness (QED) is 0.689. The summed E-state index contributed by atoms with van der Waals surface area (Å²) < 4.78 is 1.68. The van der Waals surface area contributed by atoms with Crippen LogP contribution in [0, 0.1) is 18.3 Å². The van der Waals surface area contributed by atoms with Crippen LogP contribution in [0.3, 0.4) is 0 Å². The van der Waals surface area contributed by atoms with Gasteiger partial charge >= 0.3 is 0 Å². The molecule has 4 nitrogen and oxygen atoms in total. The molecule has 0 radical (unpaired) electrons. The number of rotatable bonds is 2. The Bertz CT molecular complexity index is 305. The van der Waals surface area contributed by atoms with Gasteiger partial charge in [-0.15, -0.1) is 0 Å². The topological polar surface area (TPSA) is 67.6 Å². The fraction of sp³-hybridized carbons (Fsp3) is 0.500. The number of aromatic nitrogens is 2. The van der Waals surface area contributed by atoms with E-state index in [9.17, 15) is 0 Å². The van der Waals surface area contributed by atoms with Gasteiger partial charge in [-0.05, 0) is 19.9 Å². The van der Waals surface area contributed by atoms with Crippen molar-refractivity contribution in [2.45, 2.75) is 25.9 Å². The number of nitrogens with zero attached hydrogens (tertiary/aromatic N) is 3. The van der Waals surface area contributed by atoms with E-state index in [0.29, 0.717) is 6.54 Å². The average Bonchev–Trinajstić information content (AvgIpc) is 2.35. The summed E-state index contributed by atoms with van der Waals surface area (Å²) in [6.07, 6.45) is 1.82. The van der Waals surface area contributed by atoms with E-state index in [2.05, 4.69) is 5.10 Å². The minimum absolute atomic E-state index is 0.428. The van der Waals surface area contributed by atoms with Crippen molar-refractivity contribution in [1.82, 2.24) is 9.78 Å². The molecule has 1 heterocycles. The smallest absolute Gasteiger partial charge is 0.121 e. The maximum Gasteiger partial charge on any atom is 0.121 e. The highest BCUT2D eigenvalue weighted by Gasteiger charge is 2.17. The highest BCUT2D eigenvalue weighted by Crippen LogP contribution is 2.02. The van der Waals surface area contributed by atoms with Crippen LogP contribution in [0.2, 0.25) is 0 Å². The molecule has 12 heavy (non-hydrogen) atoms. The summed E-state index contributed by atoms with van der Waals surface area (Å²) in [4.78, 5) is 0. The van der Waals surface area contributed by atoms with E-state index in [1.807, 2.05) is 25.3 Å². The van der Waals surface area contributed by atoms with E-state index >= 15 is 0 Å². The van der Waals surface area contributed by atoms with Gasteiger partial charge in [0, 0.05) is 6.20 Å². The van der Waals surface area contributed by atoms with Crippen LogP contribution in [0.4, 0.5) is 0 Å². The predicted octanol–water partition coefficient (Wildman–Crippen LogP) is 0.432. The molecule has 0 saturated heterocycles. The Labute approximate surface area is 71.6 Å². The van der Waals surface area contributed by atoms with Crippen molar-refractivity contribution in [3.63, 3.8) is 0 Å². The molecule has 0 saturated carbocycles. The second kappa shape index (κ2) is 2.95. The Morgan fingerprint density at radius 1 is 1.83 bits per heavy atom. The molecule has 4 heteroatoms. The van der Waals surface area contributed by atoms with Crippen LogP contribution in [0.25, 0.3) is 0 Å². The number of hydrogen-bond acceptors (Lipinski definition) is 3. The molecule has 0 aliphatic rings. The summed E-state index contributed by atoms with van der Waals surface area (Å²) in [5.74, 6) is 0. The second-order valence-electron chi connectivity index (χ2n) is 3.18. The van der Waals surface area contributed by atoms with Gasteiger partial charge in [-0.3, -0.25) is 4.68 Å². The lowest BCUT2D eigenvalue weighted by molar-refractivity contribution is 0.458. The van der Waals surface area contributed by atoms with Crippen molar-refractivity contribution in [1.29, 1.82) is 5.26 Å². The fourth-order valence-corrected chi connectivity index (χ4v) is 0.923. The van der Waals surface area contributed by atoms with Crippen LogP contribution in [-0.2, 0) is 6.54 Å². The largest absolute Gasteiger partial charge is 0.312 e. The van der Waals surface area contributed by atoms with Gasteiger partial charge in [0.25, 0.3) is 0 Å². The molecular formula is C8H12N4. The van der Waals surface area contributed by atoms with Gasteiger partial charge in [0.2, 0.25) is 0 Å². The Balaban J connectivity index is 2.72. The summed E-state index contributed by atoms with van der Waals surface area (Å²) in [6.45, 7) is 4.01. The third kappa shape index (κ3) is 2.07. The Kier molecular flexibility index (Phi) is 2.15. The van der Waals surface area contributed by atoms with Crippen LogP contribution in [0.5, 0.6) is 0 Å². The molecule has 0 spiro atoms. The fourth-order valence-electron chi connectivity index (χ4n) is 0.923. The van der Waals surface area contributed by atoms with Crippen molar-refractivity contribution < 1.29 is 0 Å². The number of nitrogens with two attached hydrogens (primary N) is 1. The average molecular weight is 164 g/mol. The Hall–Kier alpha value is -1.34. The SMILES string of the molecule is Cc1ccn(CC(C)(N)C#N)n1. The highest BCUT2D eigenvalue weighted by molar-refractivity contribution is 5.02. The lowest BCUT2D eigenvalue weighted by Gasteiger charge is -2.14. The van der Waals surface area contributed by atoms with Crippen LogP contribution in [0.1, 0.15) is 12.6 Å². The van der Waals surface area contributed by atoms with Gasteiger partial charge in [-0.1, -0.05) is 0 Å². The van der Waals surface area contributed by atoms with Crippen molar-refractivity contribution in [2.75, 3.05) is 0 Å². The molecule has 0 amide bonds. The monoisotopic (exact) mass is 164 g/mol. The second-order valence-corrected chi connectivity index (χ2v) is 3.18. The maximum absolute atomic E-state index is 8.65. The first-order valence-electron chi connectivity index (χ1n) is 3.74. The van der Waals surface area contributed by atoms with Crippen molar-refractivity contribution >= 4 is 0 Å². The molecule has 0 fully saturated rings. The molecule has 1 atom stereocenters. The van der Waals surface area contributed by atoms with Crippen molar-refractivity contribution in [3.8, 4) is 6.07 Å². The standard InChI is InChI=1S/C8H12N4/c1-7-3-4-12(11-7)6-8(2,10)5-9/h3-4H,6,10H2,1-2H3.